The van der Waals surface area contributed by atoms with Gasteiger partial charge in [-0.05, 0) is 46.6 Å². The van der Waals surface area contributed by atoms with E-state index in [4.69, 9.17) is 21.1 Å². The fraction of sp³-hybridized carbons (Fsp3) is 0.222. The van der Waals surface area contributed by atoms with Gasteiger partial charge < -0.3 is 9.47 Å². The molecule has 0 saturated heterocycles. The molecule has 0 unspecified atom stereocenters. The quantitative estimate of drug-likeness (QED) is 0.665. The lowest BCUT2D eigenvalue weighted by Gasteiger charge is -2.14. The number of methoxy groups -OCH3 is 1. The molecule has 138 valence electrons. The molecule has 2 N–H and O–H groups in total. The molecule has 2 amide bonds. The van der Waals surface area contributed by atoms with Crippen molar-refractivity contribution in [1.29, 1.82) is 0 Å². The first-order valence-corrected chi connectivity index (χ1v) is 9.00. The standard InChI is InChI=1S/C18H18BrClN2O4/c1-3-8-26-16-13(19)9-11(10-15(16)25-2)17(23)21-22-18(24)12-6-4-5-7-14(12)20/h4-7,9-10H,3,8H2,1-2H3,(H,21,23)(H,22,24). The molecule has 0 heterocycles. The highest BCUT2D eigenvalue weighted by molar-refractivity contribution is 9.10. The van der Waals surface area contributed by atoms with Crippen LogP contribution in [0.4, 0.5) is 0 Å². The summed E-state index contributed by atoms with van der Waals surface area (Å²) in [5, 5.41) is 0.293. The summed E-state index contributed by atoms with van der Waals surface area (Å²) >= 11 is 9.33. The van der Waals surface area contributed by atoms with Crippen molar-refractivity contribution < 1.29 is 19.1 Å². The van der Waals surface area contributed by atoms with Crippen LogP contribution in [0, 0.1) is 0 Å². The molecule has 2 aromatic carbocycles. The Morgan fingerprint density at radius 3 is 2.50 bits per heavy atom. The van der Waals surface area contributed by atoms with Crippen molar-refractivity contribution in [3.8, 4) is 11.5 Å². The average molecular weight is 442 g/mol. The first kappa shape index (κ1) is 20.1. The molecular weight excluding hydrogens is 424 g/mol. The van der Waals surface area contributed by atoms with Gasteiger partial charge in [0.1, 0.15) is 0 Å². The summed E-state index contributed by atoms with van der Waals surface area (Å²) in [5.74, 6) is -0.0919. The molecule has 0 fully saturated rings. The van der Waals surface area contributed by atoms with Crippen molar-refractivity contribution in [2.75, 3.05) is 13.7 Å². The molecule has 8 heteroatoms. The third-order valence-electron chi connectivity index (χ3n) is 3.35. The minimum Gasteiger partial charge on any atom is -0.493 e. The molecule has 0 atom stereocenters. The van der Waals surface area contributed by atoms with Gasteiger partial charge >= 0.3 is 0 Å². The van der Waals surface area contributed by atoms with Crippen LogP contribution in [0.3, 0.4) is 0 Å². The molecule has 0 radical (unpaired) electrons. The fourth-order valence-electron chi connectivity index (χ4n) is 2.09. The van der Waals surface area contributed by atoms with Gasteiger partial charge in [0, 0.05) is 5.56 Å². The molecule has 6 nitrogen and oxygen atoms in total. The first-order chi connectivity index (χ1) is 12.5. The molecule has 0 aliphatic rings. The number of ether oxygens (including phenoxy) is 2. The second-order valence-electron chi connectivity index (χ2n) is 5.23. The zero-order valence-electron chi connectivity index (χ0n) is 14.3. The lowest BCUT2D eigenvalue weighted by Crippen LogP contribution is -2.41. The van der Waals surface area contributed by atoms with E-state index in [-0.39, 0.29) is 11.1 Å². The topological polar surface area (TPSA) is 76.7 Å². The summed E-state index contributed by atoms with van der Waals surface area (Å²) in [6, 6.07) is 9.67. The fourth-order valence-corrected chi connectivity index (χ4v) is 2.87. The van der Waals surface area contributed by atoms with Crippen LogP contribution in [0.1, 0.15) is 34.1 Å². The first-order valence-electron chi connectivity index (χ1n) is 7.83. The van der Waals surface area contributed by atoms with Crippen LogP contribution < -0.4 is 20.3 Å². The molecule has 0 aliphatic carbocycles. The number of hydrogen-bond donors (Lipinski definition) is 2. The zero-order valence-corrected chi connectivity index (χ0v) is 16.6. The summed E-state index contributed by atoms with van der Waals surface area (Å²) in [7, 11) is 1.49. The number of carbonyl (C=O) groups excluding carboxylic acids is 2. The second-order valence-corrected chi connectivity index (χ2v) is 6.49. The second kappa shape index (κ2) is 9.45. The monoisotopic (exact) mass is 440 g/mol. The van der Waals surface area contributed by atoms with Gasteiger partial charge in [0.15, 0.2) is 11.5 Å². The molecule has 2 aromatic rings. The SMILES string of the molecule is CCCOc1c(Br)cc(C(=O)NNC(=O)c2ccccc2Cl)cc1OC. The summed E-state index contributed by atoms with van der Waals surface area (Å²) in [6.45, 7) is 2.51. The number of amides is 2. The number of rotatable bonds is 6. The highest BCUT2D eigenvalue weighted by Gasteiger charge is 2.17. The van der Waals surface area contributed by atoms with Crippen molar-refractivity contribution in [3.63, 3.8) is 0 Å². The third-order valence-corrected chi connectivity index (χ3v) is 4.27. The number of carbonyl (C=O) groups is 2. The van der Waals surface area contributed by atoms with E-state index in [9.17, 15) is 9.59 Å². The van der Waals surface area contributed by atoms with Gasteiger partial charge in [0.25, 0.3) is 11.8 Å². The molecule has 0 spiro atoms. The predicted octanol–water partition coefficient (Wildman–Crippen LogP) is 3.97. The van der Waals surface area contributed by atoms with E-state index < -0.39 is 11.8 Å². The Hall–Kier alpha value is -2.25. The Bertz CT molecular complexity index is 814. The number of benzene rings is 2. The third kappa shape index (κ3) is 4.89. The van der Waals surface area contributed by atoms with E-state index in [0.29, 0.717) is 27.6 Å². The minimum atomic E-state index is -0.516. The summed E-state index contributed by atoms with van der Waals surface area (Å²) in [5.41, 5.74) is 5.23. The molecule has 26 heavy (non-hydrogen) atoms. The number of nitrogens with one attached hydrogen (secondary N) is 2. The Morgan fingerprint density at radius 1 is 1.15 bits per heavy atom. The van der Waals surface area contributed by atoms with E-state index in [1.165, 1.54) is 13.2 Å². The molecule has 2 rings (SSSR count). The zero-order chi connectivity index (χ0) is 19.1. The Kier molecular flexibility index (Phi) is 7.29. The Morgan fingerprint density at radius 2 is 1.85 bits per heavy atom. The van der Waals surface area contributed by atoms with Crippen molar-refractivity contribution in [1.82, 2.24) is 10.9 Å². The van der Waals surface area contributed by atoms with Crippen LogP contribution in [0.2, 0.25) is 5.02 Å². The molecule has 0 bridgehead atoms. The number of halogens is 2. The van der Waals surface area contributed by atoms with E-state index >= 15 is 0 Å². The van der Waals surface area contributed by atoms with Crippen LogP contribution >= 0.6 is 27.5 Å². The average Bonchev–Trinajstić information content (AvgIpc) is 2.64. The summed E-state index contributed by atoms with van der Waals surface area (Å²) in [4.78, 5) is 24.4. The van der Waals surface area contributed by atoms with Crippen LogP contribution in [0.15, 0.2) is 40.9 Å². The van der Waals surface area contributed by atoms with Gasteiger partial charge in [0.2, 0.25) is 0 Å². The highest BCUT2D eigenvalue weighted by Crippen LogP contribution is 2.36. The van der Waals surface area contributed by atoms with E-state index in [2.05, 4.69) is 26.8 Å². The smallest absolute Gasteiger partial charge is 0.271 e. The van der Waals surface area contributed by atoms with Gasteiger partial charge in [0.05, 0.1) is 28.8 Å². The van der Waals surface area contributed by atoms with Gasteiger partial charge in [-0.25, -0.2) is 0 Å². The maximum Gasteiger partial charge on any atom is 0.271 e. The van der Waals surface area contributed by atoms with Gasteiger partial charge in [-0.2, -0.15) is 0 Å². The minimum absolute atomic E-state index is 0.261. The maximum atomic E-state index is 12.3. The molecule has 0 aromatic heterocycles. The van der Waals surface area contributed by atoms with Gasteiger partial charge in [-0.1, -0.05) is 30.7 Å². The Balaban J connectivity index is 2.11. The highest BCUT2D eigenvalue weighted by atomic mass is 79.9. The van der Waals surface area contributed by atoms with Crippen LogP contribution in [-0.2, 0) is 0 Å². The van der Waals surface area contributed by atoms with Crippen LogP contribution in [0.25, 0.3) is 0 Å². The summed E-state index contributed by atoms with van der Waals surface area (Å²) in [6.07, 6.45) is 0.839. The predicted molar refractivity (Wildman–Crippen MR) is 103 cm³/mol. The molecular formula is C18H18BrClN2O4. The van der Waals surface area contributed by atoms with Crippen molar-refractivity contribution in [2.24, 2.45) is 0 Å². The van der Waals surface area contributed by atoms with Crippen LogP contribution in [-0.4, -0.2) is 25.5 Å². The van der Waals surface area contributed by atoms with Crippen molar-refractivity contribution >= 4 is 39.3 Å². The largest absolute Gasteiger partial charge is 0.493 e. The lowest BCUT2D eigenvalue weighted by atomic mass is 10.2. The van der Waals surface area contributed by atoms with Gasteiger partial charge in [-0.15, -0.1) is 0 Å². The molecule has 0 saturated carbocycles. The number of hydrogen-bond acceptors (Lipinski definition) is 4. The van der Waals surface area contributed by atoms with Crippen molar-refractivity contribution in [2.45, 2.75) is 13.3 Å². The number of hydrazine groups is 1. The van der Waals surface area contributed by atoms with Crippen LogP contribution in [0.5, 0.6) is 11.5 Å². The van der Waals surface area contributed by atoms with Crippen molar-refractivity contribution in [3.05, 3.63) is 57.0 Å². The Labute approximate surface area is 164 Å². The van der Waals surface area contributed by atoms with Gasteiger partial charge in [-0.3, -0.25) is 20.4 Å². The summed E-state index contributed by atoms with van der Waals surface area (Å²) < 4.78 is 11.5. The lowest BCUT2D eigenvalue weighted by molar-refractivity contribution is 0.0846. The van der Waals surface area contributed by atoms with E-state index in [1.807, 2.05) is 6.92 Å². The van der Waals surface area contributed by atoms with E-state index in [0.717, 1.165) is 6.42 Å². The normalized spacial score (nSPS) is 10.2. The van der Waals surface area contributed by atoms with E-state index in [1.54, 1.807) is 30.3 Å². The maximum absolute atomic E-state index is 12.3. The molecule has 0 aliphatic heterocycles.